The van der Waals surface area contributed by atoms with E-state index in [-0.39, 0.29) is 6.61 Å². The highest BCUT2D eigenvalue weighted by Crippen LogP contribution is 2.35. The summed E-state index contributed by atoms with van der Waals surface area (Å²) in [5, 5.41) is 0. The largest absolute Gasteiger partial charge is 0.469 e. The van der Waals surface area contributed by atoms with Crippen LogP contribution < -0.4 is 0 Å². The number of rotatable bonds is 4. The molecule has 1 aliphatic rings. The molecule has 0 atom stereocenters. The number of piperidine rings is 1. The van der Waals surface area contributed by atoms with Crippen molar-refractivity contribution in [2.45, 2.75) is 12.8 Å². The quantitative estimate of drug-likeness (QED) is 0.654. The monoisotopic (exact) mass is 208 g/mol. The number of nitrogens with zero attached hydrogens (tertiary/aromatic N) is 1. The molecule has 0 saturated carbocycles. The molecule has 0 unspecified atom stereocenters. The lowest BCUT2D eigenvalue weighted by Gasteiger charge is -2.25. The number of phosphoric acid groups is 1. The molecule has 1 heterocycles. The summed E-state index contributed by atoms with van der Waals surface area (Å²) in [6.45, 7) is 2.62. The molecule has 0 spiro atoms. The topological polar surface area (TPSA) is 70.0 Å². The Morgan fingerprint density at radius 2 is 2.00 bits per heavy atom. The Hall–Kier alpha value is 0.0700. The Morgan fingerprint density at radius 3 is 2.54 bits per heavy atom. The van der Waals surface area contributed by atoms with Crippen molar-refractivity contribution in [1.82, 2.24) is 4.90 Å². The van der Waals surface area contributed by atoms with Crippen LogP contribution in [-0.2, 0) is 9.09 Å². The van der Waals surface area contributed by atoms with Crippen LogP contribution in [0.5, 0.6) is 0 Å². The van der Waals surface area contributed by atoms with Gasteiger partial charge in [-0.15, -0.1) is 0 Å². The van der Waals surface area contributed by atoms with Gasteiger partial charge in [-0.1, -0.05) is 0 Å². The van der Waals surface area contributed by atoms with E-state index in [0.717, 1.165) is 25.9 Å². The zero-order valence-corrected chi connectivity index (χ0v) is 8.32. The molecule has 77 valence electrons. The van der Waals surface area contributed by atoms with E-state index < -0.39 is 7.82 Å². The minimum absolute atomic E-state index is 0.101. The van der Waals surface area contributed by atoms with Gasteiger partial charge in [-0.05, 0) is 32.4 Å². The summed E-state index contributed by atoms with van der Waals surface area (Å²) in [6, 6.07) is 0. The number of hydrogen-bond donors (Lipinski definition) is 2. The fraction of sp³-hybridized carbons (Fsp3) is 0.857. The highest BCUT2D eigenvalue weighted by Gasteiger charge is 2.15. The fourth-order valence-electron chi connectivity index (χ4n) is 1.32. The average Bonchev–Trinajstić information content (AvgIpc) is 2.04. The third-order valence-corrected chi connectivity index (χ3v) is 2.48. The summed E-state index contributed by atoms with van der Waals surface area (Å²) in [4.78, 5) is 19.0. The first kappa shape index (κ1) is 11.1. The maximum absolute atomic E-state index is 10.3. The van der Waals surface area contributed by atoms with Gasteiger partial charge < -0.3 is 14.7 Å². The van der Waals surface area contributed by atoms with Crippen molar-refractivity contribution in [2.75, 3.05) is 26.2 Å². The van der Waals surface area contributed by atoms with E-state index in [0.29, 0.717) is 6.54 Å². The Bertz CT molecular complexity index is 187. The summed E-state index contributed by atoms with van der Waals surface area (Å²) < 4.78 is 14.7. The predicted octanol–water partition coefficient (Wildman–Crippen LogP) is 0.396. The van der Waals surface area contributed by atoms with Crippen LogP contribution in [0, 0.1) is 6.42 Å². The summed E-state index contributed by atoms with van der Waals surface area (Å²) in [5.41, 5.74) is 0. The molecule has 0 aromatic rings. The standard InChI is InChI=1S/C7H15NO4P/c9-13(10,11)12-7-6-8-4-2-1-3-5-8/h1H,2-7H2,(H2,9,10,11). The maximum atomic E-state index is 10.3. The smallest absolute Gasteiger partial charge is 0.303 e. The van der Waals surface area contributed by atoms with Gasteiger partial charge in [0.25, 0.3) is 0 Å². The highest BCUT2D eigenvalue weighted by atomic mass is 31.2. The van der Waals surface area contributed by atoms with Crippen LogP contribution >= 0.6 is 7.82 Å². The van der Waals surface area contributed by atoms with Gasteiger partial charge in [0.2, 0.25) is 0 Å². The molecule has 13 heavy (non-hydrogen) atoms. The van der Waals surface area contributed by atoms with E-state index in [9.17, 15) is 4.57 Å². The molecule has 2 N–H and O–H groups in total. The van der Waals surface area contributed by atoms with Gasteiger partial charge in [0, 0.05) is 6.54 Å². The maximum Gasteiger partial charge on any atom is 0.469 e. The van der Waals surface area contributed by atoms with E-state index in [1.807, 2.05) is 0 Å². The molecule has 0 amide bonds. The SMILES string of the molecule is O=P(O)(O)OCCN1CC[CH]CC1. The molecular weight excluding hydrogens is 193 g/mol. The van der Waals surface area contributed by atoms with E-state index in [1.165, 1.54) is 0 Å². The number of likely N-dealkylation sites (tertiary alicyclic amines) is 1. The van der Waals surface area contributed by atoms with Gasteiger partial charge in [0.15, 0.2) is 0 Å². The summed E-state index contributed by atoms with van der Waals surface area (Å²) >= 11 is 0. The van der Waals surface area contributed by atoms with E-state index in [2.05, 4.69) is 15.8 Å². The molecule has 1 saturated heterocycles. The molecule has 1 rings (SSSR count). The zero-order valence-electron chi connectivity index (χ0n) is 7.43. The number of phosphoric ester groups is 1. The molecule has 0 aromatic carbocycles. The third kappa shape index (κ3) is 5.39. The minimum Gasteiger partial charge on any atom is -0.303 e. The lowest BCUT2D eigenvalue weighted by Crippen LogP contribution is -2.32. The molecular formula is C7H15NO4P. The molecule has 1 fully saturated rings. The van der Waals surface area contributed by atoms with Crippen molar-refractivity contribution in [2.24, 2.45) is 0 Å². The Labute approximate surface area is 77.9 Å². The van der Waals surface area contributed by atoms with Crippen LogP contribution in [0.15, 0.2) is 0 Å². The first-order valence-corrected chi connectivity index (χ1v) is 5.85. The van der Waals surface area contributed by atoms with Crippen molar-refractivity contribution in [3.8, 4) is 0 Å². The van der Waals surface area contributed by atoms with E-state index in [1.54, 1.807) is 0 Å². The van der Waals surface area contributed by atoms with Crippen LogP contribution in [0.25, 0.3) is 0 Å². The van der Waals surface area contributed by atoms with Gasteiger partial charge in [0.05, 0.1) is 6.61 Å². The average molecular weight is 208 g/mol. The zero-order chi connectivity index (χ0) is 9.73. The Morgan fingerprint density at radius 1 is 1.38 bits per heavy atom. The predicted molar refractivity (Wildman–Crippen MR) is 48.0 cm³/mol. The van der Waals surface area contributed by atoms with E-state index >= 15 is 0 Å². The summed E-state index contributed by atoms with van der Waals surface area (Å²) in [6.07, 6.45) is 4.33. The van der Waals surface area contributed by atoms with Crippen LogP contribution in [0.3, 0.4) is 0 Å². The van der Waals surface area contributed by atoms with Gasteiger partial charge in [0.1, 0.15) is 0 Å². The molecule has 1 radical (unpaired) electrons. The normalized spacial score (nSPS) is 20.5. The van der Waals surface area contributed by atoms with Crippen molar-refractivity contribution < 1.29 is 18.9 Å². The van der Waals surface area contributed by atoms with Gasteiger partial charge >= 0.3 is 7.82 Å². The van der Waals surface area contributed by atoms with Gasteiger partial charge in [-0.3, -0.25) is 4.52 Å². The molecule has 1 aliphatic heterocycles. The van der Waals surface area contributed by atoms with Gasteiger partial charge in [-0.25, -0.2) is 4.57 Å². The fourth-order valence-corrected chi connectivity index (χ4v) is 1.64. The highest BCUT2D eigenvalue weighted by molar-refractivity contribution is 7.46. The first-order chi connectivity index (χ1) is 6.08. The second-order valence-corrected chi connectivity index (χ2v) is 4.27. The molecule has 6 heteroatoms. The molecule has 5 nitrogen and oxygen atoms in total. The summed E-state index contributed by atoms with van der Waals surface area (Å²) in [7, 11) is -4.27. The Kier molecular flexibility index (Phi) is 4.35. The third-order valence-electron chi connectivity index (χ3n) is 1.97. The van der Waals surface area contributed by atoms with Crippen molar-refractivity contribution in [1.29, 1.82) is 0 Å². The minimum atomic E-state index is -4.27. The van der Waals surface area contributed by atoms with Crippen LogP contribution in [-0.4, -0.2) is 40.9 Å². The molecule has 0 aliphatic carbocycles. The van der Waals surface area contributed by atoms with Gasteiger partial charge in [-0.2, -0.15) is 0 Å². The lowest BCUT2D eigenvalue weighted by molar-refractivity contribution is 0.156. The van der Waals surface area contributed by atoms with Crippen LogP contribution in [0.4, 0.5) is 0 Å². The van der Waals surface area contributed by atoms with Crippen molar-refractivity contribution >= 4 is 7.82 Å². The molecule has 0 aromatic heterocycles. The second kappa shape index (κ2) is 5.08. The first-order valence-electron chi connectivity index (χ1n) is 4.32. The van der Waals surface area contributed by atoms with E-state index in [4.69, 9.17) is 9.79 Å². The second-order valence-electron chi connectivity index (χ2n) is 3.03. The molecule has 0 bridgehead atoms. The van der Waals surface area contributed by atoms with Crippen LogP contribution in [0.2, 0.25) is 0 Å². The summed E-state index contributed by atoms with van der Waals surface area (Å²) in [5.74, 6) is 0. The Balaban J connectivity index is 2.08. The van der Waals surface area contributed by atoms with Crippen molar-refractivity contribution in [3.05, 3.63) is 6.42 Å². The van der Waals surface area contributed by atoms with Crippen LogP contribution in [0.1, 0.15) is 12.8 Å². The number of hydrogen-bond acceptors (Lipinski definition) is 3. The van der Waals surface area contributed by atoms with Crippen molar-refractivity contribution in [3.63, 3.8) is 0 Å². The lowest BCUT2D eigenvalue weighted by atomic mass is 10.1.